The molecule has 1 saturated heterocycles. The Labute approximate surface area is 143 Å². The smallest absolute Gasteiger partial charge is 0.317 e. The molecular weight excluding hydrogens is 359 g/mol. The summed E-state index contributed by atoms with van der Waals surface area (Å²) in [4.78, 5) is 14.3. The number of rotatable bonds is 2. The third-order valence-corrected chi connectivity index (χ3v) is 4.64. The number of urea groups is 1. The Bertz CT molecular complexity index is 717. The summed E-state index contributed by atoms with van der Waals surface area (Å²) in [6.07, 6.45) is 1.88. The molecule has 0 aliphatic carbocycles. The predicted molar refractivity (Wildman–Crippen MR) is 93.0 cm³/mol. The molecule has 23 heavy (non-hydrogen) atoms. The summed E-state index contributed by atoms with van der Waals surface area (Å²) in [7, 11) is 0. The first-order chi connectivity index (χ1) is 11.0. The zero-order valence-electron chi connectivity index (χ0n) is 12.9. The molecule has 1 aliphatic rings. The summed E-state index contributed by atoms with van der Waals surface area (Å²) in [5.41, 5.74) is 2.52. The van der Waals surface area contributed by atoms with Crippen LogP contribution in [0.2, 0.25) is 0 Å². The second kappa shape index (κ2) is 6.71. The SMILES string of the molecule is Cc1ccc([C@H]2CCCN2C(=O)Nc2ccc(Br)cc2F)cc1. The fourth-order valence-corrected chi connectivity index (χ4v) is 3.26. The van der Waals surface area contributed by atoms with E-state index < -0.39 is 5.82 Å². The van der Waals surface area contributed by atoms with Crippen LogP contribution in [0.25, 0.3) is 0 Å². The van der Waals surface area contributed by atoms with Gasteiger partial charge >= 0.3 is 6.03 Å². The van der Waals surface area contributed by atoms with Crippen LogP contribution >= 0.6 is 15.9 Å². The highest BCUT2D eigenvalue weighted by molar-refractivity contribution is 9.10. The summed E-state index contributed by atoms with van der Waals surface area (Å²) in [5, 5.41) is 2.68. The summed E-state index contributed by atoms with van der Waals surface area (Å²) < 4.78 is 14.5. The highest BCUT2D eigenvalue weighted by atomic mass is 79.9. The van der Waals surface area contributed by atoms with Gasteiger partial charge in [-0.25, -0.2) is 9.18 Å². The van der Waals surface area contributed by atoms with E-state index >= 15 is 0 Å². The number of likely N-dealkylation sites (tertiary alicyclic amines) is 1. The molecule has 1 fully saturated rings. The molecule has 5 heteroatoms. The Morgan fingerprint density at radius 1 is 1.26 bits per heavy atom. The van der Waals surface area contributed by atoms with Crippen LogP contribution in [0.15, 0.2) is 46.9 Å². The quantitative estimate of drug-likeness (QED) is 0.760. The third-order valence-electron chi connectivity index (χ3n) is 4.15. The Kier molecular flexibility index (Phi) is 4.66. The number of hydrogen-bond donors (Lipinski definition) is 1. The summed E-state index contributed by atoms with van der Waals surface area (Å²) in [5.74, 6) is -0.446. The zero-order valence-corrected chi connectivity index (χ0v) is 14.4. The van der Waals surface area contributed by atoms with Crippen molar-refractivity contribution in [2.75, 3.05) is 11.9 Å². The van der Waals surface area contributed by atoms with Crippen molar-refractivity contribution < 1.29 is 9.18 Å². The van der Waals surface area contributed by atoms with Crippen LogP contribution in [-0.4, -0.2) is 17.5 Å². The first-order valence-electron chi connectivity index (χ1n) is 7.64. The van der Waals surface area contributed by atoms with Crippen LogP contribution in [0.5, 0.6) is 0 Å². The van der Waals surface area contributed by atoms with Crippen molar-refractivity contribution >= 4 is 27.6 Å². The van der Waals surface area contributed by atoms with Crippen molar-refractivity contribution in [1.29, 1.82) is 0 Å². The maximum atomic E-state index is 13.9. The van der Waals surface area contributed by atoms with Gasteiger partial charge in [-0.2, -0.15) is 0 Å². The molecule has 0 saturated carbocycles. The normalized spacial score (nSPS) is 17.3. The molecule has 120 valence electrons. The molecule has 1 heterocycles. The van der Waals surface area contributed by atoms with Gasteiger partial charge in [0.05, 0.1) is 11.7 Å². The minimum absolute atomic E-state index is 0.0501. The number of nitrogens with one attached hydrogen (secondary N) is 1. The minimum atomic E-state index is -0.446. The Morgan fingerprint density at radius 3 is 2.70 bits per heavy atom. The largest absolute Gasteiger partial charge is 0.322 e. The number of hydrogen-bond acceptors (Lipinski definition) is 1. The van der Waals surface area contributed by atoms with Gasteiger partial charge in [-0.15, -0.1) is 0 Å². The lowest BCUT2D eigenvalue weighted by atomic mass is 10.0. The number of amides is 2. The van der Waals surface area contributed by atoms with E-state index in [0.29, 0.717) is 11.0 Å². The Hall–Kier alpha value is -1.88. The van der Waals surface area contributed by atoms with Crippen molar-refractivity contribution in [1.82, 2.24) is 4.90 Å². The number of carbonyl (C=O) groups is 1. The molecule has 0 aromatic heterocycles. The van der Waals surface area contributed by atoms with Crippen LogP contribution < -0.4 is 5.32 Å². The lowest BCUT2D eigenvalue weighted by Gasteiger charge is -2.25. The van der Waals surface area contributed by atoms with E-state index in [2.05, 4.69) is 45.5 Å². The topological polar surface area (TPSA) is 32.3 Å². The number of benzene rings is 2. The highest BCUT2D eigenvalue weighted by Crippen LogP contribution is 2.32. The first-order valence-corrected chi connectivity index (χ1v) is 8.43. The molecule has 2 amide bonds. The van der Waals surface area contributed by atoms with E-state index in [0.717, 1.165) is 18.4 Å². The summed E-state index contributed by atoms with van der Waals surface area (Å²) in [6, 6.07) is 12.6. The van der Waals surface area contributed by atoms with Gasteiger partial charge in [-0.1, -0.05) is 45.8 Å². The van der Waals surface area contributed by atoms with Crippen LogP contribution in [0.3, 0.4) is 0 Å². The second-order valence-electron chi connectivity index (χ2n) is 5.82. The van der Waals surface area contributed by atoms with Gasteiger partial charge in [0.2, 0.25) is 0 Å². The van der Waals surface area contributed by atoms with E-state index in [1.165, 1.54) is 11.6 Å². The number of nitrogens with zero attached hydrogens (tertiary/aromatic N) is 1. The molecule has 0 radical (unpaired) electrons. The molecule has 1 aliphatic heterocycles. The molecule has 3 nitrogen and oxygen atoms in total. The molecule has 1 N–H and O–H groups in total. The number of anilines is 1. The van der Waals surface area contributed by atoms with Crippen LogP contribution in [0.1, 0.15) is 30.0 Å². The van der Waals surface area contributed by atoms with Gasteiger partial charge < -0.3 is 10.2 Å². The third kappa shape index (κ3) is 3.55. The zero-order chi connectivity index (χ0) is 16.4. The number of carbonyl (C=O) groups excluding carboxylic acids is 1. The van der Waals surface area contributed by atoms with Crippen molar-refractivity contribution in [2.45, 2.75) is 25.8 Å². The van der Waals surface area contributed by atoms with Crippen LogP contribution in [0.4, 0.5) is 14.9 Å². The summed E-state index contributed by atoms with van der Waals surface area (Å²) >= 11 is 3.21. The molecule has 0 spiro atoms. The van der Waals surface area contributed by atoms with E-state index in [9.17, 15) is 9.18 Å². The van der Waals surface area contributed by atoms with Crippen molar-refractivity contribution in [2.24, 2.45) is 0 Å². The molecule has 2 aromatic rings. The molecule has 1 atom stereocenters. The van der Waals surface area contributed by atoms with Gasteiger partial charge in [-0.05, 0) is 43.5 Å². The van der Waals surface area contributed by atoms with Crippen molar-refractivity contribution in [3.63, 3.8) is 0 Å². The Morgan fingerprint density at radius 2 is 2.00 bits per heavy atom. The minimum Gasteiger partial charge on any atom is -0.317 e. The van der Waals surface area contributed by atoms with Gasteiger partial charge in [0.1, 0.15) is 5.82 Å². The molecular formula is C18H18BrFN2O. The Balaban J connectivity index is 1.76. The van der Waals surface area contributed by atoms with Gasteiger partial charge in [0.25, 0.3) is 0 Å². The maximum Gasteiger partial charge on any atom is 0.322 e. The fraction of sp³-hybridized carbons (Fsp3) is 0.278. The van der Waals surface area contributed by atoms with Gasteiger partial charge in [-0.3, -0.25) is 0 Å². The lowest BCUT2D eigenvalue weighted by molar-refractivity contribution is 0.207. The summed E-state index contributed by atoms with van der Waals surface area (Å²) in [6.45, 7) is 2.72. The first kappa shape index (κ1) is 16.0. The molecule has 2 aromatic carbocycles. The number of halogens is 2. The average Bonchev–Trinajstić information content (AvgIpc) is 3.00. The molecule has 0 unspecified atom stereocenters. The average molecular weight is 377 g/mol. The second-order valence-corrected chi connectivity index (χ2v) is 6.73. The van der Waals surface area contributed by atoms with Crippen LogP contribution in [-0.2, 0) is 0 Å². The predicted octanol–water partition coefficient (Wildman–Crippen LogP) is 5.27. The van der Waals surface area contributed by atoms with E-state index in [1.54, 1.807) is 17.0 Å². The molecule has 3 rings (SSSR count). The van der Waals surface area contributed by atoms with Gasteiger partial charge in [0.15, 0.2) is 0 Å². The lowest BCUT2D eigenvalue weighted by Crippen LogP contribution is -2.34. The van der Waals surface area contributed by atoms with E-state index in [1.807, 2.05) is 6.92 Å². The van der Waals surface area contributed by atoms with E-state index in [-0.39, 0.29) is 17.8 Å². The molecule has 0 bridgehead atoms. The maximum absolute atomic E-state index is 13.9. The van der Waals surface area contributed by atoms with Gasteiger partial charge in [0, 0.05) is 11.0 Å². The van der Waals surface area contributed by atoms with Crippen LogP contribution in [0, 0.1) is 12.7 Å². The monoisotopic (exact) mass is 376 g/mol. The van der Waals surface area contributed by atoms with E-state index in [4.69, 9.17) is 0 Å². The van der Waals surface area contributed by atoms with Crippen molar-refractivity contribution in [3.8, 4) is 0 Å². The fourth-order valence-electron chi connectivity index (χ4n) is 2.92. The van der Waals surface area contributed by atoms with Crippen molar-refractivity contribution in [3.05, 3.63) is 63.9 Å². The standard InChI is InChI=1S/C18H18BrFN2O/c1-12-4-6-13(7-5-12)17-3-2-10-22(17)18(23)21-16-9-8-14(19)11-15(16)20/h4-9,11,17H,2-3,10H2,1H3,(H,21,23)/t17-/m1/s1. The number of aryl methyl sites for hydroxylation is 1. The highest BCUT2D eigenvalue weighted by Gasteiger charge is 2.30.